The highest BCUT2D eigenvalue weighted by atomic mass is 16.3. The van der Waals surface area contributed by atoms with E-state index in [1.165, 1.54) is 77.0 Å². The molecule has 0 heterocycles. The van der Waals surface area contributed by atoms with Crippen LogP contribution in [0.2, 0.25) is 0 Å². The van der Waals surface area contributed by atoms with Crippen molar-refractivity contribution in [1.82, 2.24) is 0 Å². The molecular weight excluding hydrogens is 296 g/mol. The van der Waals surface area contributed by atoms with Crippen LogP contribution in [0.15, 0.2) is 0 Å². The van der Waals surface area contributed by atoms with Gasteiger partial charge in [-0.05, 0) is 25.7 Å². The van der Waals surface area contributed by atoms with Crippen molar-refractivity contribution in [3.63, 3.8) is 0 Å². The minimum absolute atomic E-state index is 0.204. The van der Waals surface area contributed by atoms with Crippen molar-refractivity contribution in [2.45, 2.75) is 142 Å². The van der Waals surface area contributed by atoms with Gasteiger partial charge in [-0.3, -0.25) is 0 Å². The molecule has 2 N–H and O–H groups in total. The van der Waals surface area contributed by atoms with Crippen molar-refractivity contribution in [1.29, 1.82) is 0 Å². The molecule has 0 rings (SSSR count). The average molecular weight is 343 g/mol. The predicted octanol–water partition coefficient (Wildman–Crippen LogP) is 6.77. The summed E-state index contributed by atoms with van der Waals surface area (Å²) in [6.45, 7) is 4.49. The average Bonchev–Trinajstić information content (AvgIpc) is 2.58. The van der Waals surface area contributed by atoms with Gasteiger partial charge in [0, 0.05) is 0 Å². The van der Waals surface area contributed by atoms with E-state index in [0.717, 1.165) is 38.5 Å². The largest absolute Gasteiger partial charge is 0.393 e. The lowest BCUT2D eigenvalue weighted by atomic mass is 10.00. The Morgan fingerprint density at radius 1 is 0.417 bits per heavy atom. The molecule has 2 nitrogen and oxygen atoms in total. The summed E-state index contributed by atoms with van der Waals surface area (Å²) in [4.78, 5) is 0. The van der Waals surface area contributed by atoms with Gasteiger partial charge in [0.25, 0.3) is 0 Å². The molecule has 0 aromatic rings. The lowest BCUT2D eigenvalue weighted by Gasteiger charge is -2.14. The molecule has 0 aliphatic carbocycles. The Labute approximate surface area is 152 Å². The Morgan fingerprint density at radius 2 is 0.708 bits per heavy atom. The van der Waals surface area contributed by atoms with Crippen LogP contribution in [0.5, 0.6) is 0 Å². The Hall–Kier alpha value is -0.0800. The third-order valence-corrected chi connectivity index (χ3v) is 5.11. The van der Waals surface area contributed by atoms with E-state index in [2.05, 4.69) is 13.8 Å². The van der Waals surface area contributed by atoms with Gasteiger partial charge in [-0.1, -0.05) is 104 Å². The van der Waals surface area contributed by atoms with Gasteiger partial charge in [-0.15, -0.1) is 0 Å². The van der Waals surface area contributed by atoms with Crippen molar-refractivity contribution in [3.8, 4) is 0 Å². The number of hydrogen-bond donors (Lipinski definition) is 2. The first-order valence-electron chi connectivity index (χ1n) is 11.1. The molecule has 0 fully saturated rings. The Bertz CT molecular complexity index is 230. The molecule has 0 saturated heterocycles. The molecule has 0 aromatic carbocycles. The van der Waals surface area contributed by atoms with Crippen LogP contribution in [-0.4, -0.2) is 22.4 Å². The molecular formula is C22H46O2. The first kappa shape index (κ1) is 23.9. The maximum atomic E-state index is 10.0. The fraction of sp³-hybridized carbons (Fsp3) is 1.00. The molecule has 146 valence electrons. The van der Waals surface area contributed by atoms with Gasteiger partial charge in [0.2, 0.25) is 0 Å². The first-order chi connectivity index (χ1) is 11.7. The summed E-state index contributed by atoms with van der Waals surface area (Å²) in [7, 11) is 0. The van der Waals surface area contributed by atoms with Gasteiger partial charge >= 0.3 is 0 Å². The smallest absolute Gasteiger partial charge is 0.0541 e. The standard InChI is InChI=1S/C22H46O2/c1-3-5-7-9-10-11-12-14-16-18-22(24)20-19-21(23)17-15-13-8-6-4-2/h21-24H,3-20H2,1-2H3/t21-,22+/m0/s1. The van der Waals surface area contributed by atoms with E-state index in [-0.39, 0.29) is 12.2 Å². The van der Waals surface area contributed by atoms with E-state index in [0.29, 0.717) is 0 Å². The van der Waals surface area contributed by atoms with Crippen LogP contribution in [0.25, 0.3) is 0 Å². The van der Waals surface area contributed by atoms with E-state index in [4.69, 9.17) is 0 Å². The third kappa shape index (κ3) is 18.3. The van der Waals surface area contributed by atoms with Gasteiger partial charge in [0.1, 0.15) is 0 Å². The second-order valence-electron chi connectivity index (χ2n) is 7.70. The summed E-state index contributed by atoms with van der Waals surface area (Å²) in [5, 5.41) is 20.0. The highest BCUT2D eigenvalue weighted by Crippen LogP contribution is 2.15. The van der Waals surface area contributed by atoms with Crippen molar-refractivity contribution in [3.05, 3.63) is 0 Å². The van der Waals surface area contributed by atoms with Gasteiger partial charge in [-0.2, -0.15) is 0 Å². The molecule has 0 unspecified atom stereocenters. The molecule has 0 radical (unpaired) electrons. The van der Waals surface area contributed by atoms with Gasteiger partial charge in [0.15, 0.2) is 0 Å². The van der Waals surface area contributed by atoms with E-state index in [9.17, 15) is 10.2 Å². The van der Waals surface area contributed by atoms with Crippen LogP contribution >= 0.6 is 0 Å². The summed E-state index contributed by atoms with van der Waals surface area (Å²) >= 11 is 0. The summed E-state index contributed by atoms with van der Waals surface area (Å²) in [5.41, 5.74) is 0. The number of aliphatic hydroxyl groups is 2. The molecule has 24 heavy (non-hydrogen) atoms. The highest BCUT2D eigenvalue weighted by molar-refractivity contribution is 4.62. The van der Waals surface area contributed by atoms with Crippen molar-refractivity contribution >= 4 is 0 Å². The Kier molecular flexibility index (Phi) is 19.2. The molecule has 2 atom stereocenters. The molecule has 0 saturated carbocycles. The molecule has 0 aromatic heterocycles. The second-order valence-corrected chi connectivity index (χ2v) is 7.70. The van der Waals surface area contributed by atoms with Crippen LogP contribution in [0, 0.1) is 0 Å². The SMILES string of the molecule is CCCCCCCCCCC[C@@H](O)CC[C@@H](O)CCCCCCC. The fourth-order valence-electron chi connectivity index (χ4n) is 3.35. The van der Waals surface area contributed by atoms with Crippen molar-refractivity contribution < 1.29 is 10.2 Å². The maximum Gasteiger partial charge on any atom is 0.0541 e. The zero-order valence-electron chi connectivity index (χ0n) is 16.8. The minimum Gasteiger partial charge on any atom is -0.393 e. The van der Waals surface area contributed by atoms with E-state index < -0.39 is 0 Å². The Morgan fingerprint density at radius 3 is 1.04 bits per heavy atom. The van der Waals surface area contributed by atoms with Gasteiger partial charge in [-0.25, -0.2) is 0 Å². The normalized spacial score (nSPS) is 14.0. The van der Waals surface area contributed by atoms with E-state index >= 15 is 0 Å². The fourth-order valence-corrected chi connectivity index (χ4v) is 3.35. The quantitative estimate of drug-likeness (QED) is 0.254. The van der Waals surface area contributed by atoms with Crippen LogP contribution in [0.3, 0.4) is 0 Å². The maximum absolute atomic E-state index is 10.0. The topological polar surface area (TPSA) is 40.5 Å². The third-order valence-electron chi connectivity index (χ3n) is 5.11. The minimum atomic E-state index is -0.204. The summed E-state index contributed by atoms with van der Waals surface area (Å²) < 4.78 is 0. The van der Waals surface area contributed by atoms with E-state index in [1.807, 2.05) is 0 Å². The molecule has 0 aliphatic heterocycles. The lowest BCUT2D eigenvalue weighted by Crippen LogP contribution is -2.13. The Balaban J connectivity index is 3.29. The number of unbranched alkanes of at least 4 members (excludes halogenated alkanes) is 12. The molecule has 0 spiro atoms. The monoisotopic (exact) mass is 342 g/mol. The highest BCUT2D eigenvalue weighted by Gasteiger charge is 2.09. The van der Waals surface area contributed by atoms with Crippen molar-refractivity contribution in [2.75, 3.05) is 0 Å². The van der Waals surface area contributed by atoms with Gasteiger partial charge in [0.05, 0.1) is 12.2 Å². The number of rotatable bonds is 19. The summed E-state index contributed by atoms with van der Waals surface area (Å²) in [5.74, 6) is 0. The number of aliphatic hydroxyl groups excluding tert-OH is 2. The molecule has 0 bridgehead atoms. The first-order valence-corrected chi connectivity index (χ1v) is 11.1. The summed E-state index contributed by atoms with van der Waals surface area (Å²) in [6.07, 6.45) is 21.2. The zero-order chi connectivity index (χ0) is 17.9. The van der Waals surface area contributed by atoms with Crippen LogP contribution in [0.4, 0.5) is 0 Å². The van der Waals surface area contributed by atoms with E-state index in [1.54, 1.807) is 0 Å². The van der Waals surface area contributed by atoms with Crippen LogP contribution in [-0.2, 0) is 0 Å². The van der Waals surface area contributed by atoms with Crippen LogP contribution in [0.1, 0.15) is 129 Å². The lowest BCUT2D eigenvalue weighted by molar-refractivity contribution is 0.101. The zero-order valence-corrected chi connectivity index (χ0v) is 16.8. The summed E-state index contributed by atoms with van der Waals surface area (Å²) in [6, 6.07) is 0. The van der Waals surface area contributed by atoms with Gasteiger partial charge < -0.3 is 10.2 Å². The van der Waals surface area contributed by atoms with Crippen LogP contribution < -0.4 is 0 Å². The number of hydrogen-bond acceptors (Lipinski definition) is 2. The second kappa shape index (κ2) is 19.2. The predicted molar refractivity (Wildman–Crippen MR) is 106 cm³/mol. The van der Waals surface area contributed by atoms with Crippen molar-refractivity contribution in [2.24, 2.45) is 0 Å². The molecule has 2 heteroatoms. The molecule has 0 amide bonds. The molecule has 0 aliphatic rings.